The molecule has 3 rings (SSSR count). The van der Waals surface area contributed by atoms with Crippen LogP contribution in [0, 0.1) is 0 Å². The quantitative estimate of drug-likeness (QED) is 0.374. The second-order valence-corrected chi connectivity index (χ2v) is 7.37. The second kappa shape index (κ2) is 7.98. The first kappa shape index (κ1) is 19.2. The standard InChI is InChI=1S/C21H16O6S/c22-17-7-4-8-18(14-17)28(25,26)27-21-12-10-15(13-20(21)24)9-11-19(23)16-5-2-1-3-6-16/h1-14,22,24H/b11-9+. The lowest BCUT2D eigenvalue weighted by Gasteiger charge is -2.09. The Labute approximate surface area is 162 Å². The molecule has 0 bridgehead atoms. The molecule has 3 aromatic carbocycles. The molecule has 0 radical (unpaired) electrons. The third kappa shape index (κ3) is 4.57. The number of phenols is 2. The van der Waals surface area contributed by atoms with Crippen molar-refractivity contribution in [3.63, 3.8) is 0 Å². The van der Waals surface area contributed by atoms with Gasteiger partial charge in [-0.2, -0.15) is 8.42 Å². The predicted molar refractivity (Wildman–Crippen MR) is 104 cm³/mol. The highest BCUT2D eigenvalue weighted by atomic mass is 32.2. The highest BCUT2D eigenvalue weighted by Gasteiger charge is 2.19. The van der Waals surface area contributed by atoms with Gasteiger partial charge >= 0.3 is 10.1 Å². The van der Waals surface area contributed by atoms with Crippen molar-refractivity contribution in [2.75, 3.05) is 0 Å². The van der Waals surface area contributed by atoms with Crippen LogP contribution in [-0.2, 0) is 10.1 Å². The minimum Gasteiger partial charge on any atom is -0.508 e. The minimum atomic E-state index is -4.23. The molecule has 142 valence electrons. The summed E-state index contributed by atoms with van der Waals surface area (Å²) in [6.45, 7) is 0. The van der Waals surface area contributed by atoms with E-state index in [1.807, 2.05) is 6.07 Å². The number of aromatic hydroxyl groups is 2. The van der Waals surface area contributed by atoms with Gasteiger partial charge in [-0.3, -0.25) is 4.79 Å². The van der Waals surface area contributed by atoms with Crippen molar-refractivity contribution < 1.29 is 27.6 Å². The van der Waals surface area contributed by atoms with Crippen LogP contribution < -0.4 is 4.18 Å². The Morgan fingerprint density at radius 1 is 0.893 bits per heavy atom. The summed E-state index contributed by atoms with van der Waals surface area (Å²) in [5, 5.41) is 19.5. The molecule has 6 nitrogen and oxygen atoms in total. The molecular weight excluding hydrogens is 380 g/mol. The average molecular weight is 396 g/mol. The van der Waals surface area contributed by atoms with Crippen molar-refractivity contribution in [1.82, 2.24) is 0 Å². The van der Waals surface area contributed by atoms with Gasteiger partial charge in [0.2, 0.25) is 0 Å². The maximum absolute atomic E-state index is 12.3. The van der Waals surface area contributed by atoms with Gasteiger partial charge in [0.25, 0.3) is 0 Å². The van der Waals surface area contributed by atoms with Crippen LogP contribution in [0.15, 0.2) is 83.8 Å². The Hall–Kier alpha value is -3.58. The van der Waals surface area contributed by atoms with Crippen LogP contribution in [0.5, 0.6) is 17.2 Å². The Balaban J connectivity index is 1.77. The topological polar surface area (TPSA) is 101 Å². The second-order valence-electron chi connectivity index (χ2n) is 5.83. The Bertz CT molecular complexity index is 1130. The van der Waals surface area contributed by atoms with Crippen LogP contribution in [-0.4, -0.2) is 24.4 Å². The molecule has 0 aliphatic carbocycles. The smallest absolute Gasteiger partial charge is 0.339 e. The number of phenolic OH excluding ortho intramolecular Hbond substituents is 2. The van der Waals surface area contributed by atoms with Crippen molar-refractivity contribution in [3.8, 4) is 17.2 Å². The van der Waals surface area contributed by atoms with Gasteiger partial charge < -0.3 is 14.4 Å². The molecule has 0 saturated heterocycles. The lowest BCUT2D eigenvalue weighted by atomic mass is 10.1. The van der Waals surface area contributed by atoms with Gasteiger partial charge in [0.15, 0.2) is 17.3 Å². The first-order valence-corrected chi connectivity index (χ1v) is 9.60. The van der Waals surface area contributed by atoms with Crippen molar-refractivity contribution in [2.45, 2.75) is 4.90 Å². The number of carbonyl (C=O) groups excluding carboxylic acids is 1. The highest BCUT2D eigenvalue weighted by Crippen LogP contribution is 2.30. The summed E-state index contributed by atoms with van der Waals surface area (Å²) in [5.41, 5.74) is 1.02. The van der Waals surface area contributed by atoms with E-state index in [0.29, 0.717) is 11.1 Å². The zero-order valence-corrected chi connectivity index (χ0v) is 15.3. The minimum absolute atomic E-state index is 0.202. The molecule has 0 amide bonds. The first-order valence-electron chi connectivity index (χ1n) is 8.19. The van der Waals surface area contributed by atoms with Gasteiger partial charge in [-0.15, -0.1) is 0 Å². The summed E-state index contributed by atoms with van der Waals surface area (Å²) in [6, 6.07) is 17.8. The summed E-state index contributed by atoms with van der Waals surface area (Å²) < 4.78 is 29.5. The van der Waals surface area contributed by atoms with Crippen molar-refractivity contribution in [3.05, 3.63) is 90.0 Å². The van der Waals surface area contributed by atoms with Crippen LogP contribution in [0.25, 0.3) is 6.08 Å². The first-order chi connectivity index (χ1) is 13.3. The average Bonchev–Trinajstić information content (AvgIpc) is 2.68. The van der Waals surface area contributed by atoms with Gasteiger partial charge in [-0.25, -0.2) is 0 Å². The molecule has 28 heavy (non-hydrogen) atoms. The Morgan fingerprint density at radius 2 is 1.64 bits per heavy atom. The lowest BCUT2D eigenvalue weighted by molar-refractivity contribution is 0.104. The molecule has 0 saturated carbocycles. The van der Waals surface area contributed by atoms with E-state index in [1.54, 1.807) is 24.3 Å². The van der Waals surface area contributed by atoms with E-state index in [9.17, 15) is 23.4 Å². The Kier molecular flexibility index (Phi) is 5.47. The summed E-state index contributed by atoms with van der Waals surface area (Å²) in [6.07, 6.45) is 2.86. The fraction of sp³-hybridized carbons (Fsp3) is 0. The zero-order chi connectivity index (χ0) is 20.1. The van der Waals surface area contributed by atoms with E-state index in [0.717, 1.165) is 6.07 Å². The van der Waals surface area contributed by atoms with Gasteiger partial charge in [0.1, 0.15) is 10.6 Å². The number of hydrogen-bond acceptors (Lipinski definition) is 6. The van der Waals surface area contributed by atoms with E-state index in [1.165, 1.54) is 48.6 Å². The monoisotopic (exact) mass is 396 g/mol. The van der Waals surface area contributed by atoms with Gasteiger partial charge in [-0.05, 0) is 35.9 Å². The van der Waals surface area contributed by atoms with E-state index in [4.69, 9.17) is 4.18 Å². The highest BCUT2D eigenvalue weighted by molar-refractivity contribution is 7.87. The maximum atomic E-state index is 12.3. The predicted octanol–water partition coefficient (Wildman–Crippen LogP) is 3.76. The Morgan fingerprint density at radius 3 is 2.32 bits per heavy atom. The molecule has 7 heteroatoms. The van der Waals surface area contributed by atoms with Crippen LogP contribution in [0.2, 0.25) is 0 Å². The summed E-state index contributed by atoms with van der Waals surface area (Å²) >= 11 is 0. The number of allylic oxidation sites excluding steroid dienone is 1. The van der Waals surface area contributed by atoms with E-state index >= 15 is 0 Å². The van der Waals surface area contributed by atoms with E-state index < -0.39 is 15.9 Å². The largest absolute Gasteiger partial charge is 0.508 e. The molecule has 2 N–H and O–H groups in total. The molecule has 0 aliphatic rings. The number of hydrogen-bond donors (Lipinski definition) is 2. The molecule has 0 spiro atoms. The van der Waals surface area contributed by atoms with Crippen molar-refractivity contribution in [1.29, 1.82) is 0 Å². The van der Waals surface area contributed by atoms with Gasteiger partial charge in [0, 0.05) is 11.6 Å². The van der Waals surface area contributed by atoms with Crippen LogP contribution in [0.1, 0.15) is 15.9 Å². The van der Waals surface area contributed by atoms with E-state index in [2.05, 4.69) is 0 Å². The molecule has 0 heterocycles. The fourth-order valence-electron chi connectivity index (χ4n) is 2.38. The molecule has 0 atom stereocenters. The third-order valence-corrected chi connectivity index (χ3v) is 5.00. The van der Waals surface area contributed by atoms with Crippen LogP contribution in [0.3, 0.4) is 0 Å². The number of benzene rings is 3. The van der Waals surface area contributed by atoms with Crippen molar-refractivity contribution in [2.24, 2.45) is 0 Å². The van der Waals surface area contributed by atoms with Crippen molar-refractivity contribution >= 4 is 22.0 Å². The summed E-state index contributed by atoms with van der Waals surface area (Å²) in [5.74, 6) is -1.10. The normalized spacial score (nSPS) is 11.4. The number of ketones is 1. The van der Waals surface area contributed by atoms with Gasteiger partial charge in [-0.1, -0.05) is 48.5 Å². The fourth-order valence-corrected chi connectivity index (χ4v) is 3.37. The maximum Gasteiger partial charge on any atom is 0.339 e. The summed E-state index contributed by atoms with van der Waals surface area (Å²) in [4.78, 5) is 11.8. The number of carbonyl (C=O) groups is 1. The summed E-state index contributed by atoms with van der Waals surface area (Å²) in [7, 11) is -4.23. The van der Waals surface area contributed by atoms with Gasteiger partial charge in [0.05, 0.1) is 0 Å². The molecule has 0 aliphatic heterocycles. The molecule has 0 fully saturated rings. The molecular formula is C21H16O6S. The zero-order valence-electron chi connectivity index (χ0n) is 14.5. The van der Waals surface area contributed by atoms with Crippen LogP contribution >= 0.6 is 0 Å². The van der Waals surface area contributed by atoms with E-state index in [-0.39, 0.29) is 22.2 Å². The third-order valence-electron chi connectivity index (χ3n) is 3.77. The lowest BCUT2D eigenvalue weighted by Crippen LogP contribution is -2.09. The molecule has 0 aromatic heterocycles. The number of rotatable bonds is 6. The molecule has 0 unspecified atom stereocenters. The SMILES string of the molecule is O=C(/C=C/c1ccc(OS(=O)(=O)c2cccc(O)c2)c(O)c1)c1ccccc1. The van der Waals surface area contributed by atoms with Crippen LogP contribution in [0.4, 0.5) is 0 Å². The molecule has 3 aromatic rings.